The van der Waals surface area contributed by atoms with Gasteiger partial charge in [0.15, 0.2) is 0 Å². The molecule has 0 N–H and O–H groups in total. The topological polar surface area (TPSA) is 12.5 Å². The first-order valence-corrected chi connectivity index (χ1v) is 7.18. The Balaban J connectivity index is 1.99. The molecule has 0 aromatic heterocycles. The van der Waals surface area contributed by atoms with Crippen LogP contribution >= 0.6 is 11.6 Å². The molecule has 1 aliphatic heterocycles. The molecule has 1 unspecified atom stereocenters. The summed E-state index contributed by atoms with van der Waals surface area (Å²) in [7, 11) is 2.16. The largest absolute Gasteiger partial charge is 0.381 e. The molecule has 1 heterocycles. The minimum Gasteiger partial charge on any atom is -0.381 e. The number of ether oxygens (including phenoxy) is 1. The highest BCUT2D eigenvalue weighted by atomic mass is 35.5. The lowest BCUT2D eigenvalue weighted by atomic mass is 10.0. The van der Waals surface area contributed by atoms with Crippen LogP contribution in [0, 0.1) is 12.8 Å². The van der Waals surface area contributed by atoms with Gasteiger partial charge in [0.25, 0.3) is 0 Å². The monoisotopic (exact) mass is 267 g/mol. The minimum absolute atomic E-state index is 0.590. The van der Waals surface area contributed by atoms with Gasteiger partial charge in [-0.05, 0) is 48.9 Å². The lowest BCUT2D eigenvalue weighted by molar-refractivity contribution is 0.0576. The molecule has 1 atom stereocenters. The van der Waals surface area contributed by atoms with Gasteiger partial charge in [0.2, 0.25) is 0 Å². The van der Waals surface area contributed by atoms with Gasteiger partial charge in [-0.2, -0.15) is 0 Å². The number of aryl methyl sites for hydroxylation is 1. The highest BCUT2D eigenvalue weighted by Crippen LogP contribution is 2.22. The van der Waals surface area contributed by atoms with Gasteiger partial charge in [-0.15, -0.1) is 11.6 Å². The van der Waals surface area contributed by atoms with E-state index < -0.39 is 0 Å². The summed E-state index contributed by atoms with van der Waals surface area (Å²) < 4.78 is 5.53. The third kappa shape index (κ3) is 3.39. The Hall–Kier alpha value is -0.730. The van der Waals surface area contributed by atoms with E-state index in [9.17, 15) is 0 Å². The van der Waals surface area contributed by atoms with E-state index in [1.807, 2.05) is 0 Å². The van der Waals surface area contributed by atoms with Crippen molar-refractivity contribution in [3.63, 3.8) is 0 Å². The fourth-order valence-corrected chi connectivity index (χ4v) is 2.81. The van der Waals surface area contributed by atoms with E-state index in [-0.39, 0.29) is 0 Å². The Morgan fingerprint density at radius 3 is 2.89 bits per heavy atom. The first kappa shape index (κ1) is 13.7. The molecular weight excluding hydrogens is 246 g/mol. The molecule has 1 aliphatic rings. The van der Waals surface area contributed by atoms with Crippen molar-refractivity contribution in [2.75, 3.05) is 31.7 Å². The van der Waals surface area contributed by atoms with E-state index >= 15 is 0 Å². The molecule has 0 bridgehead atoms. The van der Waals surface area contributed by atoms with Crippen molar-refractivity contribution in [2.45, 2.75) is 25.6 Å². The summed E-state index contributed by atoms with van der Waals surface area (Å²) in [6, 6.07) is 6.52. The third-order valence-corrected chi connectivity index (χ3v) is 3.99. The summed E-state index contributed by atoms with van der Waals surface area (Å²) in [6.07, 6.45) is 2.48. The van der Waals surface area contributed by atoms with Gasteiger partial charge in [-0.3, -0.25) is 0 Å². The maximum atomic E-state index is 5.89. The summed E-state index contributed by atoms with van der Waals surface area (Å²) in [6.45, 7) is 5.03. The maximum absolute atomic E-state index is 5.89. The molecule has 2 rings (SSSR count). The van der Waals surface area contributed by atoms with E-state index in [4.69, 9.17) is 16.3 Å². The smallest absolute Gasteiger partial charge is 0.0511 e. The average Bonchev–Trinajstić information content (AvgIpc) is 2.39. The van der Waals surface area contributed by atoms with E-state index in [0.29, 0.717) is 11.8 Å². The highest BCUT2D eigenvalue weighted by Gasteiger charge is 2.16. The van der Waals surface area contributed by atoms with Gasteiger partial charge >= 0.3 is 0 Å². The summed E-state index contributed by atoms with van der Waals surface area (Å²) >= 11 is 5.89. The van der Waals surface area contributed by atoms with Gasteiger partial charge in [0.1, 0.15) is 0 Å². The van der Waals surface area contributed by atoms with Crippen LogP contribution in [0.3, 0.4) is 0 Å². The molecule has 1 saturated heterocycles. The minimum atomic E-state index is 0.590. The van der Waals surface area contributed by atoms with Crippen LogP contribution in [0.5, 0.6) is 0 Å². The Labute approximate surface area is 115 Å². The molecule has 0 saturated carbocycles. The number of benzene rings is 1. The Kier molecular flexibility index (Phi) is 4.90. The fraction of sp³-hybridized carbons (Fsp3) is 0.600. The van der Waals surface area contributed by atoms with Gasteiger partial charge in [0, 0.05) is 31.8 Å². The average molecular weight is 268 g/mol. The van der Waals surface area contributed by atoms with Gasteiger partial charge < -0.3 is 9.64 Å². The van der Waals surface area contributed by atoms with Crippen molar-refractivity contribution in [3.05, 3.63) is 29.3 Å². The van der Waals surface area contributed by atoms with Crippen molar-refractivity contribution in [2.24, 2.45) is 5.92 Å². The van der Waals surface area contributed by atoms with Gasteiger partial charge in [0.05, 0.1) is 6.61 Å². The first-order valence-electron chi connectivity index (χ1n) is 6.65. The van der Waals surface area contributed by atoms with E-state index in [1.54, 1.807) is 0 Å². The quantitative estimate of drug-likeness (QED) is 0.773. The van der Waals surface area contributed by atoms with Crippen molar-refractivity contribution >= 4 is 17.3 Å². The SMILES string of the molecule is Cc1cc(N(C)CC2CCCOC2)ccc1CCl. The summed E-state index contributed by atoms with van der Waals surface area (Å²) in [5.74, 6) is 1.25. The number of nitrogens with zero attached hydrogens (tertiary/aromatic N) is 1. The molecule has 0 radical (unpaired) electrons. The van der Waals surface area contributed by atoms with Crippen molar-refractivity contribution in [3.8, 4) is 0 Å². The van der Waals surface area contributed by atoms with Crippen LogP contribution in [0.25, 0.3) is 0 Å². The van der Waals surface area contributed by atoms with Crippen LogP contribution in [0.15, 0.2) is 18.2 Å². The third-order valence-electron chi connectivity index (χ3n) is 3.70. The van der Waals surface area contributed by atoms with Crippen molar-refractivity contribution in [1.82, 2.24) is 0 Å². The Morgan fingerprint density at radius 1 is 1.44 bits per heavy atom. The molecule has 0 spiro atoms. The lowest BCUT2D eigenvalue weighted by Crippen LogP contribution is -2.30. The zero-order valence-electron chi connectivity index (χ0n) is 11.3. The Bertz CT molecular complexity index is 388. The van der Waals surface area contributed by atoms with Crippen LogP contribution in [-0.4, -0.2) is 26.8 Å². The first-order chi connectivity index (χ1) is 8.70. The molecule has 1 aromatic rings. The van der Waals surface area contributed by atoms with Gasteiger partial charge in [-0.1, -0.05) is 6.07 Å². The van der Waals surface area contributed by atoms with Crippen LogP contribution in [0.1, 0.15) is 24.0 Å². The van der Waals surface area contributed by atoms with Crippen LogP contribution in [-0.2, 0) is 10.6 Å². The fourth-order valence-electron chi connectivity index (χ4n) is 2.51. The zero-order valence-corrected chi connectivity index (χ0v) is 12.0. The molecule has 1 fully saturated rings. The standard InChI is InChI=1S/C15H22ClNO/c1-12-8-15(6-5-14(12)9-16)17(2)10-13-4-3-7-18-11-13/h5-6,8,13H,3-4,7,9-11H2,1-2H3. The molecule has 3 heteroatoms. The van der Waals surface area contributed by atoms with E-state index in [0.717, 1.165) is 19.8 Å². The maximum Gasteiger partial charge on any atom is 0.0511 e. The second-order valence-electron chi connectivity index (χ2n) is 5.21. The number of alkyl halides is 1. The predicted octanol–water partition coefficient (Wildman–Crippen LogP) is 3.60. The predicted molar refractivity (Wildman–Crippen MR) is 77.5 cm³/mol. The summed E-state index contributed by atoms with van der Waals surface area (Å²) in [4.78, 5) is 2.32. The second kappa shape index (κ2) is 6.44. The molecule has 18 heavy (non-hydrogen) atoms. The number of hydrogen-bond acceptors (Lipinski definition) is 2. The molecule has 0 aliphatic carbocycles. The molecule has 0 amide bonds. The van der Waals surface area contributed by atoms with Crippen molar-refractivity contribution in [1.29, 1.82) is 0 Å². The molecule has 1 aromatic carbocycles. The van der Waals surface area contributed by atoms with Crippen molar-refractivity contribution < 1.29 is 4.74 Å². The zero-order chi connectivity index (χ0) is 13.0. The summed E-state index contributed by atoms with van der Waals surface area (Å²) in [5, 5.41) is 0. The van der Waals surface area contributed by atoms with Gasteiger partial charge in [-0.25, -0.2) is 0 Å². The highest BCUT2D eigenvalue weighted by molar-refractivity contribution is 6.17. The summed E-state index contributed by atoms with van der Waals surface area (Å²) in [5.41, 5.74) is 3.76. The number of halogens is 1. The van der Waals surface area contributed by atoms with Crippen LogP contribution in [0.2, 0.25) is 0 Å². The van der Waals surface area contributed by atoms with Crippen LogP contribution < -0.4 is 4.90 Å². The molecular formula is C15H22ClNO. The second-order valence-corrected chi connectivity index (χ2v) is 5.48. The van der Waals surface area contributed by atoms with E-state index in [1.165, 1.54) is 29.7 Å². The number of anilines is 1. The Morgan fingerprint density at radius 2 is 2.28 bits per heavy atom. The van der Waals surface area contributed by atoms with E-state index in [2.05, 4.69) is 37.1 Å². The number of hydrogen-bond donors (Lipinski definition) is 0. The lowest BCUT2D eigenvalue weighted by Gasteiger charge is -2.28. The van der Waals surface area contributed by atoms with Crippen LogP contribution in [0.4, 0.5) is 5.69 Å². The normalized spacial score (nSPS) is 19.8. The number of rotatable bonds is 4. The molecule has 100 valence electrons. The molecule has 2 nitrogen and oxygen atoms in total.